The molecule has 0 heterocycles. The number of rotatable bonds is 8. The summed E-state index contributed by atoms with van der Waals surface area (Å²) in [6.45, 7) is 8.43. The maximum absolute atomic E-state index is 5.90. The minimum Gasteiger partial charge on any atom is -0.329 e. The molecule has 0 spiro atoms. The molecule has 102 valence electrons. The van der Waals surface area contributed by atoms with Crippen LogP contribution < -0.4 is 5.73 Å². The van der Waals surface area contributed by atoms with E-state index in [2.05, 4.69) is 30.9 Å². The van der Waals surface area contributed by atoms with Crippen molar-refractivity contribution in [3.8, 4) is 0 Å². The molecule has 0 fully saturated rings. The Morgan fingerprint density at radius 2 is 1.83 bits per heavy atom. The molecule has 0 aromatic heterocycles. The molecular formula is C14H23ClN2S. The molecule has 4 heteroatoms. The Kier molecular flexibility index (Phi) is 7.75. The van der Waals surface area contributed by atoms with Crippen LogP contribution in [0.15, 0.2) is 24.3 Å². The van der Waals surface area contributed by atoms with Crippen molar-refractivity contribution in [3.63, 3.8) is 0 Å². The van der Waals surface area contributed by atoms with Gasteiger partial charge in [0.25, 0.3) is 0 Å². The Balaban J connectivity index is 2.44. The van der Waals surface area contributed by atoms with E-state index < -0.39 is 0 Å². The summed E-state index contributed by atoms with van der Waals surface area (Å²) in [4.78, 5) is 2.43. The number of nitrogens with zero attached hydrogens (tertiary/aromatic N) is 1. The van der Waals surface area contributed by atoms with E-state index in [1.165, 1.54) is 5.56 Å². The average molecular weight is 287 g/mol. The number of thioether (sulfide) groups is 1. The lowest BCUT2D eigenvalue weighted by molar-refractivity contribution is 0.324. The highest BCUT2D eigenvalue weighted by molar-refractivity contribution is 7.99. The zero-order valence-electron chi connectivity index (χ0n) is 11.2. The van der Waals surface area contributed by atoms with E-state index in [4.69, 9.17) is 17.3 Å². The molecule has 1 aromatic carbocycles. The van der Waals surface area contributed by atoms with E-state index in [-0.39, 0.29) is 0 Å². The summed E-state index contributed by atoms with van der Waals surface area (Å²) in [7, 11) is 0. The molecule has 0 radical (unpaired) electrons. The van der Waals surface area contributed by atoms with Gasteiger partial charge in [0.1, 0.15) is 0 Å². The van der Waals surface area contributed by atoms with Gasteiger partial charge in [-0.15, -0.1) is 0 Å². The van der Waals surface area contributed by atoms with Crippen LogP contribution in [0.3, 0.4) is 0 Å². The first-order chi connectivity index (χ1) is 8.71. The minimum atomic E-state index is 0.373. The lowest BCUT2D eigenvalue weighted by Gasteiger charge is -2.20. The van der Waals surface area contributed by atoms with Crippen LogP contribution in [0.25, 0.3) is 0 Å². The summed E-state index contributed by atoms with van der Waals surface area (Å²) in [6, 6.07) is 8.02. The van der Waals surface area contributed by atoms with E-state index in [1.807, 2.05) is 23.9 Å². The molecular weight excluding hydrogens is 264 g/mol. The lowest BCUT2D eigenvalue weighted by atomic mass is 10.1. The van der Waals surface area contributed by atoms with Crippen molar-refractivity contribution in [2.75, 3.05) is 31.9 Å². The van der Waals surface area contributed by atoms with Crippen LogP contribution in [-0.4, -0.2) is 36.8 Å². The third-order valence-electron chi connectivity index (χ3n) is 3.08. The number of hydrogen-bond acceptors (Lipinski definition) is 3. The zero-order chi connectivity index (χ0) is 13.4. The molecule has 2 nitrogen and oxygen atoms in total. The molecule has 1 aromatic rings. The fraction of sp³-hybridized carbons (Fsp3) is 0.571. The van der Waals surface area contributed by atoms with E-state index in [0.717, 1.165) is 30.4 Å². The maximum atomic E-state index is 5.90. The summed E-state index contributed by atoms with van der Waals surface area (Å²) >= 11 is 7.83. The highest BCUT2D eigenvalue weighted by Crippen LogP contribution is 2.28. The van der Waals surface area contributed by atoms with Crippen molar-refractivity contribution in [2.24, 2.45) is 5.73 Å². The van der Waals surface area contributed by atoms with Gasteiger partial charge in [-0.2, -0.15) is 11.8 Å². The minimum absolute atomic E-state index is 0.373. The fourth-order valence-corrected chi connectivity index (χ4v) is 3.10. The van der Waals surface area contributed by atoms with Crippen LogP contribution in [-0.2, 0) is 0 Å². The van der Waals surface area contributed by atoms with Gasteiger partial charge in [-0.3, -0.25) is 0 Å². The van der Waals surface area contributed by atoms with Gasteiger partial charge in [-0.1, -0.05) is 37.6 Å². The van der Waals surface area contributed by atoms with E-state index in [1.54, 1.807) is 0 Å². The standard InChI is InChI=1S/C14H23ClN2S/c1-3-17(4-2)9-10-18-14(11-16)12-5-7-13(15)8-6-12/h5-8,14H,3-4,9-11,16H2,1-2H3. The second-order valence-electron chi connectivity index (χ2n) is 4.17. The van der Waals surface area contributed by atoms with Crippen LogP contribution >= 0.6 is 23.4 Å². The van der Waals surface area contributed by atoms with E-state index in [0.29, 0.717) is 11.8 Å². The van der Waals surface area contributed by atoms with Crippen LogP contribution in [0.1, 0.15) is 24.7 Å². The highest BCUT2D eigenvalue weighted by atomic mass is 35.5. The molecule has 18 heavy (non-hydrogen) atoms. The predicted octanol–water partition coefficient (Wildman–Crippen LogP) is 3.41. The Morgan fingerprint density at radius 1 is 1.22 bits per heavy atom. The maximum Gasteiger partial charge on any atom is 0.0420 e. The number of benzene rings is 1. The monoisotopic (exact) mass is 286 g/mol. The smallest absolute Gasteiger partial charge is 0.0420 e. The largest absolute Gasteiger partial charge is 0.329 e. The van der Waals surface area contributed by atoms with Gasteiger partial charge >= 0.3 is 0 Å². The van der Waals surface area contributed by atoms with Crippen molar-refractivity contribution in [1.82, 2.24) is 4.90 Å². The van der Waals surface area contributed by atoms with Crippen molar-refractivity contribution >= 4 is 23.4 Å². The third kappa shape index (κ3) is 5.19. The molecule has 1 atom stereocenters. The summed E-state index contributed by atoms with van der Waals surface area (Å²) in [5.74, 6) is 1.12. The topological polar surface area (TPSA) is 29.3 Å². The quantitative estimate of drug-likeness (QED) is 0.794. The van der Waals surface area contributed by atoms with Crippen LogP contribution in [0.2, 0.25) is 5.02 Å². The Labute approximate surface area is 120 Å². The van der Waals surface area contributed by atoms with Crippen LogP contribution in [0.4, 0.5) is 0 Å². The van der Waals surface area contributed by atoms with Gasteiger partial charge in [-0.25, -0.2) is 0 Å². The molecule has 2 N–H and O–H groups in total. The van der Waals surface area contributed by atoms with Crippen LogP contribution in [0, 0.1) is 0 Å². The lowest BCUT2D eigenvalue weighted by Crippen LogP contribution is -2.26. The highest BCUT2D eigenvalue weighted by Gasteiger charge is 2.10. The second kappa shape index (κ2) is 8.81. The SMILES string of the molecule is CCN(CC)CCSC(CN)c1ccc(Cl)cc1. The van der Waals surface area contributed by atoms with Gasteiger partial charge in [0.2, 0.25) is 0 Å². The van der Waals surface area contributed by atoms with E-state index in [9.17, 15) is 0 Å². The Hall–Kier alpha value is -0.220. The van der Waals surface area contributed by atoms with Gasteiger partial charge in [0, 0.05) is 29.1 Å². The summed E-state index contributed by atoms with van der Waals surface area (Å²) in [6.07, 6.45) is 0. The molecule has 0 amide bonds. The van der Waals surface area contributed by atoms with Gasteiger partial charge in [-0.05, 0) is 30.8 Å². The normalized spacial score (nSPS) is 12.9. The Morgan fingerprint density at radius 3 is 2.33 bits per heavy atom. The molecule has 1 unspecified atom stereocenters. The van der Waals surface area contributed by atoms with Crippen molar-refractivity contribution in [2.45, 2.75) is 19.1 Å². The molecule has 1 rings (SSSR count). The van der Waals surface area contributed by atoms with Crippen molar-refractivity contribution in [3.05, 3.63) is 34.9 Å². The van der Waals surface area contributed by atoms with Crippen molar-refractivity contribution in [1.29, 1.82) is 0 Å². The zero-order valence-corrected chi connectivity index (χ0v) is 12.8. The number of nitrogens with two attached hydrogens (primary N) is 1. The third-order valence-corrected chi connectivity index (χ3v) is 4.61. The molecule has 0 bridgehead atoms. The van der Waals surface area contributed by atoms with Gasteiger partial charge in [0.05, 0.1) is 0 Å². The summed E-state index contributed by atoms with van der Waals surface area (Å²) < 4.78 is 0. The second-order valence-corrected chi connectivity index (χ2v) is 5.92. The summed E-state index contributed by atoms with van der Waals surface area (Å²) in [5.41, 5.74) is 7.13. The van der Waals surface area contributed by atoms with Gasteiger partial charge in [0.15, 0.2) is 0 Å². The first-order valence-corrected chi connectivity index (χ1v) is 7.93. The average Bonchev–Trinajstić information content (AvgIpc) is 2.41. The van der Waals surface area contributed by atoms with Crippen LogP contribution in [0.5, 0.6) is 0 Å². The molecule has 0 aliphatic rings. The molecule has 0 saturated carbocycles. The summed E-state index contributed by atoms with van der Waals surface area (Å²) in [5, 5.41) is 1.15. The van der Waals surface area contributed by atoms with Crippen molar-refractivity contribution < 1.29 is 0 Å². The number of hydrogen-bond donors (Lipinski definition) is 1. The van der Waals surface area contributed by atoms with E-state index >= 15 is 0 Å². The Bertz CT molecular complexity index is 325. The number of halogens is 1. The molecule has 0 saturated heterocycles. The predicted molar refractivity (Wildman–Crippen MR) is 83.5 cm³/mol. The molecule has 0 aliphatic carbocycles. The first kappa shape index (κ1) is 15.8. The first-order valence-electron chi connectivity index (χ1n) is 6.50. The van der Waals surface area contributed by atoms with Gasteiger partial charge < -0.3 is 10.6 Å². The fourth-order valence-electron chi connectivity index (χ4n) is 1.84. The molecule has 0 aliphatic heterocycles.